The number of fused-ring (bicyclic) bond motifs is 6. The fourth-order valence-electron chi connectivity index (χ4n) is 18.9. The summed E-state index contributed by atoms with van der Waals surface area (Å²) in [6.45, 7) is 7.48. The van der Waals surface area contributed by atoms with Gasteiger partial charge in [-0.3, -0.25) is 73.2 Å². The van der Waals surface area contributed by atoms with Gasteiger partial charge in [-0.05, 0) is 214 Å². The molecule has 6 aliphatic heterocycles. The molecule has 7 N–H and O–H groups in total. The molecule has 8 heterocycles. The zero-order valence-corrected chi connectivity index (χ0v) is 84.3. The van der Waals surface area contributed by atoms with Crippen molar-refractivity contribution in [1.82, 2.24) is 64.3 Å². The third-order valence-electron chi connectivity index (χ3n) is 26.5. The summed E-state index contributed by atoms with van der Waals surface area (Å²) < 4.78 is 168. The third-order valence-corrected chi connectivity index (χ3v) is 30.2. The van der Waals surface area contributed by atoms with Gasteiger partial charge < -0.3 is 54.4 Å². The molecule has 0 spiro atoms. The maximum atomic E-state index is 14.3. The van der Waals surface area contributed by atoms with Crippen molar-refractivity contribution in [3.63, 3.8) is 0 Å². The molecule has 9 aromatic carbocycles. The van der Waals surface area contributed by atoms with Gasteiger partial charge in [-0.1, -0.05) is 96.8 Å². The van der Waals surface area contributed by atoms with Gasteiger partial charge in [0.05, 0.1) is 62.4 Å². The number of aliphatic carboxylic acids is 2. The Hall–Kier alpha value is -15.6. The van der Waals surface area contributed by atoms with Gasteiger partial charge in [-0.2, -0.15) is 17.4 Å². The number of amides is 9. The number of carbonyl (C=O) groups excluding carboxylic acids is 10. The summed E-state index contributed by atoms with van der Waals surface area (Å²) in [4.78, 5) is 150. The molecule has 17 rings (SSSR count). The van der Waals surface area contributed by atoms with Crippen LogP contribution in [0.4, 0.5) is 22.0 Å². The molecule has 46 heteroatoms. The minimum absolute atomic E-state index is 0.00388. The molecular formula is C104H107F5N14O25S2. The molecule has 9 amide bonds. The number of nitrogens with zero attached hydrogens (tertiary/aromatic N) is 10. The zero-order valence-electron chi connectivity index (χ0n) is 82.7. The second-order valence-electron chi connectivity index (χ2n) is 37.0. The number of methoxy groups -OCH3 is 2. The van der Waals surface area contributed by atoms with E-state index in [0.29, 0.717) is 81.3 Å². The van der Waals surface area contributed by atoms with Gasteiger partial charge in [-0.15, -0.1) is 10.2 Å². The maximum absolute atomic E-state index is 14.3. The van der Waals surface area contributed by atoms with Crippen LogP contribution in [0.25, 0.3) is 22.1 Å². The number of sulfonamides is 2. The second-order valence-corrected chi connectivity index (χ2v) is 40.8. The first kappa shape index (κ1) is 109. The molecule has 11 aromatic rings. The van der Waals surface area contributed by atoms with E-state index in [-0.39, 0.29) is 120 Å². The molecule has 2 fully saturated rings. The highest BCUT2D eigenvalue weighted by Gasteiger charge is 2.49. The first-order valence-electron chi connectivity index (χ1n) is 48.2. The lowest BCUT2D eigenvalue weighted by molar-refractivity contribution is -0.138. The van der Waals surface area contributed by atoms with Gasteiger partial charge in [0.15, 0.2) is 13.2 Å². The van der Waals surface area contributed by atoms with E-state index in [1.165, 1.54) is 46.1 Å². The summed E-state index contributed by atoms with van der Waals surface area (Å²) in [5.74, 6) is -23.2. The Balaban J connectivity index is 0.000000179. The Kier molecular flexibility index (Phi) is 33.7. The van der Waals surface area contributed by atoms with E-state index in [9.17, 15) is 107 Å². The Morgan fingerprint density at radius 3 is 1.35 bits per heavy atom. The van der Waals surface area contributed by atoms with Crippen molar-refractivity contribution in [3.05, 3.63) is 240 Å². The van der Waals surface area contributed by atoms with Crippen LogP contribution < -0.4 is 54.8 Å². The smallest absolute Gasteiger partial charge is 0.349 e. The number of carbonyl (C=O) groups is 12. The molecule has 790 valence electrons. The molecule has 0 bridgehead atoms. The van der Waals surface area contributed by atoms with Crippen molar-refractivity contribution in [1.29, 1.82) is 0 Å². The van der Waals surface area contributed by atoms with Crippen molar-refractivity contribution in [2.75, 3.05) is 53.6 Å². The zero-order chi connectivity index (χ0) is 108. The number of unbranched alkanes of at least 4 members (excludes halogenated alkanes) is 6. The van der Waals surface area contributed by atoms with E-state index in [0.717, 1.165) is 107 Å². The van der Waals surface area contributed by atoms with E-state index in [1.807, 2.05) is 99.7 Å². The van der Waals surface area contributed by atoms with Crippen LogP contribution in [0.2, 0.25) is 0 Å². The van der Waals surface area contributed by atoms with Crippen LogP contribution in [-0.2, 0) is 98.4 Å². The summed E-state index contributed by atoms with van der Waals surface area (Å²) in [6, 6.07) is 34.9. The van der Waals surface area contributed by atoms with Crippen molar-refractivity contribution >= 4 is 113 Å². The monoisotopic (exact) mass is 2110 g/mol. The van der Waals surface area contributed by atoms with Crippen molar-refractivity contribution in [2.24, 2.45) is 19.8 Å². The van der Waals surface area contributed by atoms with E-state index in [1.54, 1.807) is 60.9 Å². The Morgan fingerprint density at radius 1 is 0.507 bits per heavy atom. The number of benzene rings is 9. The molecule has 0 radical (unpaired) electrons. The van der Waals surface area contributed by atoms with Crippen LogP contribution in [0.3, 0.4) is 0 Å². The highest BCUT2D eigenvalue weighted by atomic mass is 32.2. The van der Waals surface area contributed by atoms with Crippen LogP contribution >= 0.6 is 0 Å². The lowest BCUT2D eigenvalue weighted by atomic mass is 9.86. The van der Waals surface area contributed by atoms with Crippen LogP contribution in [0.1, 0.15) is 213 Å². The van der Waals surface area contributed by atoms with Crippen molar-refractivity contribution < 1.29 is 140 Å². The van der Waals surface area contributed by atoms with E-state index in [2.05, 4.69) is 36.0 Å². The number of ether oxygens (including phenoxy) is 7. The van der Waals surface area contributed by atoms with E-state index < -0.39 is 169 Å². The molecule has 0 aliphatic carbocycles. The Labute approximate surface area is 856 Å². The van der Waals surface area contributed by atoms with Crippen LogP contribution in [0.15, 0.2) is 143 Å². The number of nitrogens with one attached hydrogen (secondary N) is 3. The van der Waals surface area contributed by atoms with Crippen LogP contribution in [0, 0.1) is 42.9 Å². The number of halogens is 5. The molecular weight excluding hydrogens is 2000 g/mol. The number of piperidine rings is 2. The average Bonchev–Trinajstić information content (AvgIpc) is 1.60. The lowest BCUT2D eigenvalue weighted by Gasteiger charge is -2.27. The first-order chi connectivity index (χ1) is 71.6. The van der Waals surface area contributed by atoms with Gasteiger partial charge in [0, 0.05) is 58.4 Å². The molecule has 6 atom stereocenters. The number of aromatic nitrogens is 6. The standard InChI is InChI=1S/C49H53N7O12S.C34H43N5O6S.C21H11F5N2O7/c1-28-13-15-31(35(24-44(59)60)32-22-36-46(40(23-32)66-4)54(3)53-52-36)21-33(28)26-55-25-29(2)68-39-20-30(14-17-41(39)69(55,64)65)10-7-5-6-8-19-50-43(58)27-67-38-12-9-11-34-45(38)49(63)56(48(34)62)37-16-18-42(57)51-47(37)61;1-22-10-12-25(28(19-33(40)41)26-17-29-34(31(18-26)44-4)38(3)37-36-29)16-27(22)21-39-20-23(2)45-30-15-24(9-7-5-6-8-14-35)11-13-32(30)46(39,42)43;22-13-14(23)16(25)18(17(26)15(13)24)35-11(30)6-34-9-3-1-2-7-12(9)21(33)28(20(7)32)8-4-5-10(29)27-19(8)31/h9,11-15,17,20-23,29,35,37H,5-8,10,16,18-19,24-27H2,1-4H3,(H,50,58)(H,59,60)(H,51,57,61);10-13,15-18,23,28H,5-9,14,19-21,35H2,1-4H3,(H,40,41);1-3,8H,4-6H2,(H,27,29,31)/t29-,35?,37?;23-,28?;/m11./s1. The van der Waals surface area contributed by atoms with Crippen molar-refractivity contribution in [2.45, 2.75) is 189 Å². The topological polar surface area (TPSA) is 515 Å². The van der Waals surface area contributed by atoms with Gasteiger partial charge >= 0.3 is 17.9 Å². The minimum Gasteiger partial charge on any atom is -0.494 e. The Morgan fingerprint density at radius 2 is 0.927 bits per heavy atom. The highest BCUT2D eigenvalue weighted by Crippen LogP contribution is 2.44. The number of carboxylic acid groups (broad SMARTS) is 2. The van der Waals surface area contributed by atoms with E-state index in [4.69, 9.17) is 34.2 Å². The molecule has 0 saturated carbocycles. The number of esters is 1. The second kappa shape index (κ2) is 46.5. The van der Waals surface area contributed by atoms with Gasteiger partial charge in [0.1, 0.15) is 90.6 Å². The van der Waals surface area contributed by atoms with Gasteiger partial charge in [-0.25, -0.2) is 44.2 Å². The van der Waals surface area contributed by atoms with Gasteiger partial charge in [0.2, 0.25) is 78.5 Å². The number of carboxylic acids is 2. The first-order valence-corrected chi connectivity index (χ1v) is 51.1. The predicted molar refractivity (Wildman–Crippen MR) is 524 cm³/mol. The van der Waals surface area contributed by atoms with E-state index >= 15 is 0 Å². The van der Waals surface area contributed by atoms with Crippen LogP contribution in [0.5, 0.6) is 40.2 Å². The number of hydrogen-bond acceptors (Lipinski definition) is 28. The summed E-state index contributed by atoms with van der Waals surface area (Å²) in [5, 5.41) is 43.5. The van der Waals surface area contributed by atoms with Gasteiger partial charge in [0.25, 0.3) is 29.5 Å². The number of hydrogen-bond donors (Lipinski definition) is 6. The molecule has 39 nitrogen and oxygen atoms in total. The summed E-state index contributed by atoms with van der Waals surface area (Å²) in [7, 11) is -1.30. The average molecular weight is 2110 g/mol. The quantitative estimate of drug-likeness (QED) is 0.00404. The highest BCUT2D eigenvalue weighted by molar-refractivity contribution is 7.89. The predicted octanol–water partition coefficient (Wildman–Crippen LogP) is 11.3. The summed E-state index contributed by atoms with van der Waals surface area (Å²) >= 11 is 0. The number of aryl methyl sites for hydroxylation is 6. The number of nitrogens with two attached hydrogens (primary N) is 1. The normalized spacial score (nSPS) is 17.6. The molecule has 4 unspecified atom stereocenters. The molecule has 2 aromatic heterocycles. The third kappa shape index (κ3) is 23.6. The Bertz CT molecular complexity index is 7450. The molecule has 6 aliphatic rings. The largest absolute Gasteiger partial charge is 0.494 e. The van der Waals surface area contributed by atoms with Crippen LogP contribution in [-0.4, -0.2) is 224 Å². The fraction of sp³-hybridized carbons (Fsp3) is 0.365. The minimum atomic E-state index is -4.02. The van der Waals surface area contributed by atoms with Crippen molar-refractivity contribution in [3.8, 4) is 40.2 Å². The SMILES string of the molecule is COc1cc(C(CC(=O)O)c2ccc(C)c(CN3C[C@@H](C)Oc4cc(CCCCCCN)ccc4S3(=O)=O)c2)cc2nnn(C)c12.COc1cc(C(CC(=O)O)c2ccc(C)c(CN3C[C@@H](C)Oc4cc(CCCCCCNC(=O)COc5cccc6c5C(=O)N(C5CCC(=O)NC5=O)C6=O)ccc4S3(=O)=O)c2)cc2nnn(C)c12.O=C1CCC(N2C(=O)c3cccc(OCC(=O)Oc4c(F)c(F)c(F)c(F)c4F)c3C2=O)C(=O)N1. The molecule has 2 saturated heterocycles. The number of rotatable bonds is 36. The summed E-state index contributed by atoms with van der Waals surface area (Å²) in [5.41, 5.74) is 15.7. The maximum Gasteiger partial charge on any atom is 0.349 e. The molecule has 150 heavy (non-hydrogen) atoms. The lowest BCUT2D eigenvalue weighted by Crippen LogP contribution is -2.54. The number of imide groups is 4. The fourth-order valence-corrected chi connectivity index (χ4v) is 22.1. The summed E-state index contributed by atoms with van der Waals surface area (Å²) in [6.07, 6.45) is 7.41.